The van der Waals surface area contributed by atoms with E-state index in [0.29, 0.717) is 11.4 Å². The van der Waals surface area contributed by atoms with Crippen molar-refractivity contribution in [1.82, 2.24) is 18.9 Å². The second kappa shape index (κ2) is 9.61. The van der Waals surface area contributed by atoms with E-state index in [2.05, 4.69) is 10.3 Å². The maximum Gasteiger partial charge on any atom is 0.308 e. The first-order chi connectivity index (χ1) is 19.7. The highest BCUT2D eigenvalue weighted by Gasteiger charge is 2.47. The number of anilines is 1. The monoisotopic (exact) mass is 575 g/mol. The molecule has 4 aliphatic carbocycles. The van der Waals surface area contributed by atoms with Gasteiger partial charge in [0, 0.05) is 40.9 Å². The summed E-state index contributed by atoms with van der Waals surface area (Å²) in [6, 6.07) is 9.37. The van der Waals surface area contributed by atoms with Crippen LogP contribution in [0.2, 0.25) is 0 Å². The van der Waals surface area contributed by atoms with Gasteiger partial charge in [-0.3, -0.25) is 4.79 Å². The van der Waals surface area contributed by atoms with Gasteiger partial charge in [0.25, 0.3) is 10.0 Å². The van der Waals surface area contributed by atoms with Gasteiger partial charge in [-0.2, -0.15) is 0 Å². The van der Waals surface area contributed by atoms with Gasteiger partial charge >= 0.3 is 5.97 Å². The molecule has 2 bridgehead atoms. The topological polar surface area (TPSA) is 127 Å². The number of carboxylic acids is 1. The Labute approximate surface area is 236 Å². The third-order valence-electron chi connectivity index (χ3n) is 8.96. The highest BCUT2D eigenvalue weighted by atomic mass is 32.2. The van der Waals surface area contributed by atoms with E-state index < -0.39 is 27.7 Å². The summed E-state index contributed by atoms with van der Waals surface area (Å²) in [4.78, 5) is 26.1. The molecular formula is C30H30FN5O4S. The summed E-state index contributed by atoms with van der Waals surface area (Å²) < 4.78 is 42.9. The summed E-state index contributed by atoms with van der Waals surface area (Å²) in [7, 11) is -4.06. The van der Waals surface area contributed by atoms with Gasteiger partial charge in [-0.25, -0.2) is 31.7 Å². The minimum Gasteiger partial charge on any atom is -0.481 e. The van der Waals surface area contributed by atoms with Crippen LogP contribution in [0.1, 0.15) is 55.7 Å². The number of pyridine rings is 1. The number of aromatic nitrogens is 4. The van der Waals surface area contributed by atoms with Crippen LogP contribution in [0.15, 0.2) is 53.7 Å². The highest BCUT2D eigenvalue weighted by molar-refractivity contribution is 7.90. The van der Waals surface area contributed by atoms with Crippen molar-refractivity contribution in [2.75, 3.05) is 5.32 Å². The van der Waals surface area contributed by atoms with E-state index in [1.54, 1.807) is 12.1 Å². The zero-order valence-electron chi connectivity index (χ0n) is 22.5. The molecule has 4 aliphatic rings. The van der Waals surface area contributed by atoms with E-state index in [4.69, 9.17) is 9.97 Å². The van der Waals surface area contributed by atoms with Gasteiger partial charge in [0.15, 0.2) is 11.5 Å². The molecule has 4 aromatic rings. The molecule has 0 saturated heterocycles. The van der Waals surface area contributed by atoms with E-state index in [-0.39, 0.29) is 45.5 Å². The van der Waals surface area contributed by atoms with Gasteiger partial charge in [-0.15, -0.1) is 0 Å². The number of hydrogen-bond donors (Lipinski definition) is 2. The Morgan fingerprint density at radius 3 is 2.41 bits per heavy atom. The molecule has 4 fully saturated rings. The summed E-state index contributed by atoms with van der Waals surface area (Å²) in [5.74, 6) is -0.516. The van der Waals surface area contributed by atoms with Crippen LogP contribution in [-0.2, 0) is 14.8 Å². The predicted molar refractivity (Wildman–Crippen MR) is 150 cm³/mol. The van der Waals surface area contributed by atoms with Gasteiger partial charge in [0.05, 0.1) is 17.0 Å². The van der Waals surface area contributed by atoms with Crippen molar-refractivity contribution in [3.8, 4) is 11.4 Å². The van der Waals surface area contributed by atoms with Gasteiger partial charge in [0.2, 0.25) is 0 Å². The lowest BCUT2D eigenvalue weighted by Gasteiger charge is -2.47. The molecule has 11 heteroatoms. The van der Waals surface area contributed by atoms with Crippen LogP contribution >= 0.6 is 0 Å². The molecule has 41 heavy (non-hydrogen) atoms. The number of nitrogens with one attached hydrogen (secondary N) is 1. The maximum atomic E-state index is 14.5. The van der Waals surface area contributed by atoms with E-state index in [9.17, 15) is 22.7 Å². The molecule has 1 aromatic carbocycles. The number of carboxylic acid groups (broad SMARTS) is 1. The Morgan fingerprint density at radius 2 is 1.73 bits per heavy atom. The van der Waals surface area contributed by atoms with Crippen LogP contribution < -0.4 is 5.32 Å². The first-order valence-electron chi connectivity index (χ1n) is 14.1. The Hall–Kier alpha value is -3.86. The first kappa shape index (κ1) is 26.1. The Kier molecular flexibility index (Phi) is 6.11. The van der Waals surface area contributed by atoms with E-state index >= 15 is 0 Å². The lowest BCUT2D eigenvalue weighted by molar-refractivity contribution is -0.148. The average molecular weight is 576 g/mol. The molecule has 2 N–H and O–H groups in total. The molecule has 0 radical (unpaired) electrons. The second-order valence-corrected chi connectivity index (χ2v) is 13.5. The van der Waals surface area contributed by atoms with Crippen LogP contribution in [0.3, 0.4) is 0 Å². The molecule has 0 amide bonds. The standard InChI is InChI=1S/C30H30FN5O4S/c1-16-2-10-21(11-3-16)41(39,40)36-15-23(22-12-20(31)14-32-29(22)36)28-33-24(17-4-5-17)13-25(35-28)34-27-19-8-6-18(7-9-19)26(27)30(37)38/h2-3,10-15,17-19,26-27H,4-9H2,1H3,(H,37,38)(H,33,34,35). The smallest absolute Gasteiger partial charge is 0.308 e. The number of benzene rings is 1. The number of hydrogen-bond acceptors (Lipinski definition) is 7. The molecule has 9 nitrogen and oxygen atoms in total. The Balaban J connectivity index is 1.35. The summed E-state index contributed by atoms with van der Waals surface area (Å²) >= 11 is 0. The van der Waals surface area contributed by atoms with Gasteiger partial charge in [-0.1, -0.05) is 17.7 Å². The molecule has 8 rings (SSSR count). The SMILES string of the molecule is Cc1ccc(S(=O)(=O)n2cc(-c3nc(NC4C5CCC(CC5)C4C(=O)O)cc(C4CC4)n3)c3cc(F)cnc32)cc1. The van der Waals surface area contributed by atoms with Crippen molar-refractivity contribution in [1.29, 1.82) is 0 Å². The average Bonchev–Trinajstić information content (AvgIpc) is 3.74. The zero-order valence-corrected chi connectivity index (χ0v) is 23.3. The van der Waals surface area contributed by atoms with Crippen molar-refractivity contribution in [2.45, 2.75) is 62.3 Å². The summed E-state index contributed by atoms with van der Waals surface area (Å²) in [6.07, 6.45) is 8.16. The minimum atomic E-state index is -4.06. The van der Waals surface area contributed by atoms with Crippen molar-refractivity contribution >= 4 is 32.8 Å². The third-order valence-corrected chi connectivity index (χ3v) is 10.6. The van der Waals surface area contributed by atoms with Crippen LogP contribution in [-0.4, -0.2) is 44.5 Å². The largest absolute Gasteiger partial charge is 0.481 e. The molecule has 3 aromatic heterocycles. The number of aliphatic carboxylic acids is 1. The molecule has 2 unspecified atom stereocenters. The molecule has 4 saturated carbocycles. The van der Waals surface area contributed by atoms with Crippen LogP contribution in [0, 0.1) is 30.5 Å². The Morgan fingerprint density at radius 1 is 1.02 bits per heavy atom. The van der Waals surface area contributed by atoms with Crippen molar-refractivity contribution in [3.63, 3.8) is 0 Å². The van der Waals surface area contributed by atoms with Crippen LogP contribution in [0.5, 0.6) is 0 Å². The molecule has 0 aliphatic heterocycles. The van der Waals surface area contributed by atoms with Crippen LogP contribution in [0.4, 0.5) is 10.2 Å². The number of fused-ring (bicyclic) bond motifs is 4. The van der Waals surface area contributed by atoms with E-state index in [1.807, 2.05) is 13.0 Å². The predicted octanol–water partition coefficient (Wildman–Crippen LogP) is 5.36. The minimum absolute atomic E-state index is 0.0763. The van der Waals surface area contributed by atoms with E-state index in [1.165, 1.54) is 24.4 Å². The van der Waals surface area contributed by atoms with Crippen LogP contribution in [0.25, 0.3) is 22.4 Å². The fraction of sp³-hybridized carbons (Fsp3) is 0.400. The second-order valence-electron chi connectivity index (χ2n) is 11.7. The number of carbonyl (C=O) groups is 1. The summed E-state index contributed by atoms with van der Waals surface area (Å²) in [5, 5.41) is 13.8. The Bertz CT molecular complexity index is 1780. The number of halogens is 1. The maximum absolute atomic E-state index is 14.5. The highest BCUT2D eigenvalue weighted by Crippen LogP contribution is 2.47. The normalized spacial score (nSPS) is 24.0. The molecule has 212 valence electrons. The summed E-state index contributed by atoms with van der Waals surface area (Å²) in [6.45, 7) is 1.87. The van der Waals surface area contributed by atoms with Gasteiger partial charge in [0.1, 0.15) is 11.6 Å². The molecule has 3 heterocycles. The number of nitrogens with zero attached hydrogens (tertiary/aromatic N) is 4. The number of aryl methyl sites for hydroxylation is 1. The lowest BCUT2D eigenvalue weighted by Crippen LogP contribution is -2.51. The number of rotatable bonds is 7. The van der Waals surface area contributed by atoms with Gasteiger partial charge in [-0.05, 0) is 75.5 Å². The zero-order chi connectivity index (χ0) is 28.5. The fourth-order valence-electron chi connectivity index (χ4n) is 6.67. The van der Waals surface area contributed by atoms with Crippen molar-refractivity contribution in [3.05, 3.63) is 65.9 Å². The quantitative estimate of drug-likeness (QED) is 0.302. The molecule has 2 atom stereocenters. The third kappa shape index (κ3) is 4.56. The fourth-order valence-corrected chi connectivity index (χ4v) is 8.00. The van der Waals surface area contributed by atoms with E-state index in [0.717, 1.165) is 60.0 Å². The van der Waals surface area contributed by atoms with Crippen molar-refractivity contribution in [2.24, 2.45) is 17.8 Å². The molecular weight excluding hydrogens is 545 g/mol. The molecule has 0 spiro atoms. The van der Waals surface area contributed by atoms with Crippen molar-refractivity contribution < 1.29 is 22.7 Å². The van der Waals surface area contributed by atoms with Gasteiger partial charge < -0.3 is 10.4 Å². The first-order valence-corrected chi connectivity index (χ1v) is 15.5. The summed E-state index contributed by atoms with van der Waals surface area (Å²) in [5.41, 5.74) is 2.14. The lowest BCUT2D eigenvalue weighted by atomic mass is 9.61.